The topological polar surface area (TPSA) is 47.6 Å². The highest BCUT2D eigenvalue weighted by Gasteiger charge is 2.12. The number of rotatable bonds is 6. The van der Waals surface area contributed by atoms with E-state index in [-0.39, 0.29) is 12.3 Å². The van der Waals surface area contributed by atoms with Crippen molar-refractivity contribution in [3.63, 3.8) is 0 Å². The summed E-state index contributed by atoms with van der Waals surface area (Å²) in [5.41, 5.74) is 1.92. The molecule has 0 aliphatic heterocycles. The van der Waals surface area contributed by atoms with Gasteiger partial charge in [0, 0.05) is 11.0 Å². The molecular weight excluding hydrogens is 346 g/mol. The molecule has 1 amide bonds. The SMILES string of the molecule is COc1cc(Br)c(CC(=O)NCc2ccccc2)cc1OC. The van der Waals surface area contributed by atoms with Crippen LogP contribution in [0, 0.1) is 0 Å². The van der Waals surface area contributed by atoms with Crippen LogP contribution in [0.15, 0.2) is 46.9 Å². The number of hydrogen-bond donors (Lipinski definition) is 1. The highest BCUT2D eigenvalue weighted by atomic mass is 79.9. The van der Waals surface area contributed by atoms with E-state index in [1.165, 1.54) is 0 Å². The van der Waals surface area contributed by atoms with E-state index in [1.54, 1.807) is 20.3 Å². The molecule has 0 heterocycles. The normalized spacial score (nSPS) is 10.1. The van der Waals surface area contributed by atoms with Crippen LogP contribution in [-0.2, 0) is 17.8 Å². The summed E-state index contributed by atoms with van der Waals surface area (Å²) in [6, 6.07) is 13.4. The third-order valence-corrected chi connectivity index (χ3v) is 3.97. The summed E-state index contributed by atoms with van der Waals surface area (Å²) < 4.78 is 11.3. The van der Waals surface area contributed by atoms with Crippen molar-refractivity contribution in [1.82, 2.24) is 5.32 Å². The van der Waals surface area contributed by atoms with Gasteiger partial charge in [-0.25, -0.2) is 0 Å². The molecule has 2 aromatic carbocycles. The van der Waals surface area contributed by atoms with Crippen molar-refractivity contribution < 1.29 is 14.3 Å². The van der Waals surface area contributed by atoms with Gasteiger partial charge in [0.05, 0.1) is 20.6 Å². The molecular formula is C17H18BrNO3. The van der Waals surface area contributed by atoms with Crippen LogP contribution in [0.4, 0.5) is 0 Å². The molecule has 0 atom stereocenters. The van der Waals surface area contributed by atoms with E-state index in [0.29, 0.717) is 18.0 Å². The fourth-order valence-electron chi connectivity index (χ4n) is 2.06. The maximum Gasteiger partial charge on any atom is 0.224 e. The van der Waals surface area contributed by atoms with E-state index in [4.69, 9.17) is 9.47 Å². The van der Waals surface area contributed by atoms with Gasteiger partial charge in [0.25, 0.3) is 0 Å². The fraction of sp³-hybridized carbons (Fsp3) is 0.235. The van der Waals surface area contributed by atoms with Crippen LogP contribution in [0.3, 0.4) is 0 Å². The number of ether oxygens (including phenoxy) is 2. The molecule has 4 nitrogen and oxygen atoms in total. The zero-order valence-electron chi connectivity index (χ0n) is 12.6. The van der Waals surface area contributed by atoms with Gasteiger partial charge in [-0.1, -0.05) is 46.3 Å². The smallest absolute Gasteiger partial charge is 0.224 e. The standard InChI is InChI=1S/C17H18BrNO3/c1-21-15-8-13(14(18)10-16(15)22-2)9-17(20)19-11-12-6-4-3-5-7-12/h3-8,10H,9,11H2,1-2H3,(H,19,20). The summed E-state index contributed by atoms with van der Waals surface area (Å²) in [7, 11) is 3.15. The molecule has 0 saturated heterocycles. The third-order valence-electron chi connectivity index (χ3n) is 3.24. The zero-order chi connectivity index (χ0) is 15.9. The molecule has 2 aromatic rings. The van der Waals surface area contributed by atoms with E-state index in [0.717, 1.165) is 15.6 Å². The number of nitrogens with one attached hydrogen (secondary N) is 1. The first-order valence-electron chi connectivity index (χ1n) is 6.85. The molecule has 0 fully saturated rings. The lowest BCUT2D eigenvalue weighted by Gasteiger charge is -2.12. The lowest BCUT2D eigenvalue weighted by molar-refractivity contribution is -0.120. The van der Waals surface area contributed by atoms with Crippen molar-refractivity contribution in [2.45, 2.75) is 13.0 Å². The zero-order valence-corrected chi connectivity index (χ0v) is 14.1. The van der Waals surface area contributed by atoms with Crippen LogP contribution in [0.25, 0.3) is 0 Å². The molecule has 0 aliphatic carbocycles. The average molecular weight is 364 g/mol. The Morgan fingerprint density at radius 1 is 1.09 bits per heavy atom. The van der Waals surface area contributed by atoms with Gasteiger partial charge in [0.1, 0.15) is 0 Å². The van der Waals surface area contributed by atoms with Gasteiger partial charge in [0.2, 0.25) is 5.91 Å². The number of hydrogen-bond acceptors (Lipinski definition) is 3. The molecule has 0 aliphatic rings. The van der Waals surface area contributed by atoms with Crippen molar-refractivity contribution in [1.29, 1.82) is 0 Å². The van der Waals surface area contributed by atoms with E-state index in [1.807, 2.05) is 36.4 Å². The second-order valence-corrected chi connectivity index (χ2v) is 5.59. The molecule has 1 N–H and O–H groups in total. The summed E-state index contributed by atoms with van der Waals surface area (Å²) >= 11 is 3.46. The number of halogens is 1. The molecule has 0 spiro atoms. The van der Waals surface area contributed by atoms with Gasteiger partial charge in [0.15, 0.2) is 11.5 Å². The Kier molecular flexibility index (Phi) is 5.83. The van der Waals surface area contributed by atoms with Crippen molar-refractivity contribution in [2.75, 3.05) is 14.2 Å². The van der Waals surface area contributed by atoms with Gasteiger partial charge < -0.3 is 14.8 Å². The molecule has 2 rings (SSSR count). The van der Waals surface area contributed by atoms with Crippen molar-refractivity contribution >= 4 is 21.8 Å². The van der Waals surface area contributed by atoms with Crippen molar-refractivity contribution in [2.24, 2.45) is 0 Å². The lowest BCUT2D eigenvalue weighted by atomic mass is 10.1. The lowest BCUT2D eigenvalue weighted by Crippen LogP contribution is -2.24. The quantitative estimate of drug-likeness (QED) is 0.856. The minimum Gasteiger partial charge on any atom is -0.493 e. The Balaban J connectivity index is 2.02. The number of carbonyl (C=O) groups is 1. The number of amides is 1. The van der Waals surface area contributed by atoms with E-state index in [2.05, 4.69) is 21.2 Å². The Hall–Kier alpha value is -2.01. The highest BCUT2D eigenvalue weighted by molar-refractivity contribution is 9.10. The van der Waals surface area contributed by atoms with Crippen LogP contribution in [0.1, 0.15) is 11.1 Å². The van der Waals surface area contributed by atoms with Crippen molar-refractivity contribution in [3.8, 4) is 11.5 Å². The minimum absolute atomic E-state index is 0.0447. The van der Waals surface area contributed by atoms with Crippen LogP contribution in [0.2, 0.25) is 0 Å². The summed E-state index contributed by atoms with van der Waals surface area (Å²) in [4.78, 5) is 12.1. The average Bonchev–Trinajstić information content (AvgIpc) is 2.55. The van der Waals surface area contributed by atoms with E-state index >= 15 is 0 Å². The first-order valence-corrected chi connectivity index (χ1v) is 7.64. The Morgan fingerprint density at radius 3 is 2.36 bits per heavy atom. The first kappa shape index (κ1) is 16.4. The van der Waals surface area contributed by atoms with Gasteiger partial charge in [-0.15, -0.1) is 0 Å². The molecule has 0 radical (unpaired) electrons. The summed E-state index contributed by atoms with van der Waals surface area (Å²) in [5.74, 6) is 1.19. The minimum atomic E-state index is -0.0447. The maximum atomic E-state index is 12.1. The Morgan fingerprint density at radius 2 is 1.73 bits per heavy atom. The second-order valence-electron chi connectivity index (χ2n) is 4.74. The summed E-state index contributed by atoms with van der Waals surface area (Å²) in [6.07, 6.45) is 0.272. The third kappa shape index (κ3) is 4.24. The maximum absolute atomic E-state index is 12.1. The molecule has 0 unspecified atom stereocenters. The highest BCUT2D eigenvalue weighted by Crippen LogP contribution is 2.33. The van der Waals surface area contributed by atoms with Crippen LogP contribution in [0.5, 0.6) is 11.5 Å². The first-order chi connectivity index (χ1) is 10.6. The Bertz CT molecular complexity index is 644. The van der Waals surface area contributed by atoms with Crippen LogP contribution >= 0.6 is 15.9 Å². The molecule has 0 saturated carbocycles. The largest absolute Gasteiger partial charge is 0.493 e. The molecule has 116 valence electrons. The van der Waals surface area contributed by atoms with Gasteiger partial charge >= 0.3 is 0 Å². The molecule has 0 bridgehead atoms. The second kappa shape index (κ2) is 7.84. The predicted molar refractivity (Wildman–Crippen MR) is 89.2 cm³/mol. The number of benzene rings is 2. The fourth-order valence-corrected chi connectivity index (χ4v) is 2.53. The molecule has 0 aromatic heterocycles. The van der Waals surface area contributed by atoms with E-state index in [9.17, 15) is 4.79 Å². The number of methoxy groups -OCH3 is 2. The van der Waals surface area contributed by atoms with Crippen LogP contribution in [-0.4, -0.2) is 20.1 Å². The molecule has 5 heteroatoms. The Labute approximate surface area is 138 Å². The van der Waals surface area contributed by atoms with Gasteiger partial charge in [-0.05, 0) is 23.3 Å². The van der Waals surface area contributed by atoms with Gasteiger partial charge in [-0.3, -0.25) is 4.79 Å². The predicted octanol–water partition coefficient (Wildman–Crippen LogP) is 3.33. The van der Waals surface area contributed by atoms with Crippen molar-refractivity contribution in [3.05, 3.63) is 58.1 Å². The van der Waals surface area contributed by atoms with Gasteiger partial charge in [-0.2, -0.15) is 0 Å². The van der Waals surface area contributed by atoms with Crippen LogP contribution < -0.4 is 14.8 Å². The van der Waals surface area contributed by atoms with E-state index < -0.39 is 0 Å². The molecule has 22 heavy (non-hydrogen) atoms. The summed E-state index contributed by atoms with van der Waals surface area (Å²) in [6.45, 7) is 0.518. The summed E-state index contributed by atoms with van der Waals surface area (Å²) in [5, 5.41) is 2.91. The monoisotopic (exact) mass is 363 g/mol. The number of carbonyl (C=O) groups excluding carboxylic acids is 1.